The molecule has 36 heavy (non-hydrogen) atoms. The van der Waals surface area contributed by atoms with Gasteiger partial charge in [-0.3, -0.25) is 10.00 Å². The van der Waals surface area contributed by atoms with Gasteiger partial charge in [-0.1, -0.05) is 42.2 Å². The van der Waals surface area contributed by atoms with E-state index in [-0.39, 0.29) is 0 Å². The lowest BCUT2D eigenvalue weighted by Crippen LogP contribution is -2.33. The van der Waals surface area contributed by atoms with Crippen molar-refractivity contribution in [2.24, 2.45) is 7.05 Å². The Bertz CT molecular complexity index is 1570. The molecule has 11 heteroatoms. The Morgan fingerprint density at radius 3 is 2.56 bits per heavy atom. The summed E-state index contributed by atoms with van der Waals surface area (Å²) in [6.07, 6.45) is 3.43. The average molecular weight is 541 g/mol. The summed E-state index contributed by atoms with van der Waals surface area (Å²) in [6, 6.07) is 13.6. The molecular formula is C25H24N4O4S3. The number of hydrogen-bond acceptors (Lipinski definition) is 7. The van der Waals surface area contributed by atoms with Crippen LogP contribution in [0.1, 0.15) is 46.8 Å². The molecule has 0 aliphatic heterocycles. The number of rotatable bonds is 6. The second kappa shape index (κ2) is 9.37. The number of ether oxygens (including phenoxy) is 1. The van der Waals surface area contributed by atoms with Gasteiger partial charge in [-0.25, -0.2) is 17.9 Å². The molecule has 1 aliphatic rings. The lowest BCUT2D eigenvalue weighted by Gasteiger charge is -2.14. The van der Waals surface area contributed by atoms with E-state index >= 15 is 0 Å². The van der Waals surface area contributed by atoms with Gasteiger partial charge in [0.25, 0.3) is 0 Å². The van der Waals surface area contributed by atoms with Crippen molar-refractivity contribution in [3.63, 3.8) is 0 Å². The van der Waals surface area contributed by atoms with Crippen LogP contribution in [0, 0.1) is 11.8 Å². The maximum absolute atomic E-state index is 12.5. The van der Waals surface area contributed by atoms with Crippen molar-refractivity contribution in [3.8, 4) is 11.8 Å². The first kappa shape index (κ1) is 24.5. The van der Waals surface area contributed by atoms with Gasteiger partial charge in [-0.2, -0.15) is 5.10 Å². The fourth-order valence-electron chi connectivity index (χ4n) is 3.90. The zero-order chi connectivity index (χ0) is 25.5. The van der Waals surface area contributed by atoms with Crippen molar-refractivity contribution in [1.29, 1.82) is 0 Å². The highest BCUT2D eigenvalue weighted by Crippen LogP contribution is 2.50. The number of carbonyl (C=O) groups excluding carboxylic acids is 1. The number of amides is 1. The lowest BCUT2D eigenvalue weighted by molar-refractivity contribution is 0.121. The number of aryl methyl sites for hydroxylation is 1. The van der Waals surface area contributed by atoms with E-state index in [9.17, 15) is 13.2 Å². The number of carbonyl (C=O) groups is 1. The van der Waals surface area contributed by atoms with E-state index in [1.165, 1.54) is 6.26 Å². The number of sulfonamides is 1. The molecule has 0 spiro atoms. The molecule has 3 heterocycles. The molecule has 1 aliphatic carbocycles. The number of fused-ring (bicyclic) bond motifs is 1. The quantitative estimate of drug-likeness (QED) is 0.337. The topological polar surface area (TPSA) is 102 Å². The van der Waals surface area contributed by atoms with E-state index in [1.807, 2.05) is 43.3 Å². The molecule has 1 aromatic carbocycles. The van der Waals surface area contributed by atoms with Crippen LogP contribution in [0.15, 0.2) is 48.7 Å². The Kier molecular flexibility index (Phi) is 6.38. The highest BCUT2D eigenvalue weighted by Gasteiger charge is 2.47. The van der Waals surface area contributed by atoms with Crippen LogP contribution in [0.4, 0.5) is 10.6 Å². The SMILES string of the molecule is C[C@@H](OC(=O)Nc1c(C#Cc2cc3sc(C4(NS(C)(=O)=O)CC4)cc3s2)cnn1C)c1ccccc1. The van der Waals surface area contributed by atoms with Gasteiger partial charge >= 0.3 is 6.09 Å². The molecule has 1 saturated carbocycles. The fourth-order valence-corrected chi connectivity index (χ4v) is 7.44. The Morgan fingerprint density at radius 1 is 1.17 bits per heavy atom. The molecule has 5 rings (SSSR count). The van der Waals surface area contributed by atoms with Crippen LogP contribution in [-0.4, -0.2) is 30.5 Å². The molecule has 1 amide bonds. The maximum Gasteiger partial charge on any atom is 0.413 e. The third-order valence-corrected chi connectivity index (χ3v) is 9.02. The summed E-state index contributed by atoms with van der Waals surface area (Å²) in [5, 5.41) is 6.97. The minimum Gasteiger partial charge on any atom is -0.441 e. The Morgan fingerprint density at radius 2 is 1.89 bits per heavy atom. The monoisotopic (exact) mass is 540 g/mol. The number of nitrogens with one attached hydrogen (secondary N) is 2. The van der Waals surface area contributed by atoms with Crippen LogP contribution in [-0.2, 0) is 27.3 Å². The largest absolute Gasteiger partial charge is 0.441 e. The number of anilines is 1. The molecule has 8 nitrogen and oxygen atoms in total. The van der Waals surface area contributed by atoms with Crippen LogP contribution in [0.5, 0.6) is 0 Å². The molecule has 0 radical (unpaired) electrons. The van der Waals surface area contributed by atoms with Crippen molar-refractivity contribution >= 4 is 54.0 Å². The van der Waals surface area contributed by atoms with E-state index in [0.29, 0.717) is 11.4 Å². The molecule has 1 fully saturated rings. The van der Waals surface area contributed by atoms with E-state index in [2.05, 4.69) is 33.0 Å². The van der Waals surface area contributed by atoms with Crippen LogP contribution in [0.2, 0.25) is 0 Å². The van der Waals surface area contributed by atoms with Crippen LogP contribution < -0.4 is 10.0 Å². The predicted octanol–water partition coefficient (Wildman–Crippen LogP) is 4.94. The second-order valence-electron chi connectivity index (χ2n) is 8.77. The Labute approximate surface area is 217 Å². The summed E-state index contributed by atoms with van der Waals surface area (Å²) in [4.78, 5) is 14.4. The van der Waals surface area contributed by atoms with Crippen molar-refractivity contribution in [2.45, 2.75) is 31.4 Å². The standard InChI is InChI=1S/C25H24N4O4S3/c1-16(17-7-5-4-6-8-17)33-24(30)27-23-18(15-26-29(23)2)9-10-19-13-20-21(34-19)14-22(35-20)25(11-12-25)28-36(3,31)32/h4-8,13-16,28H,11-12H2,1-3H3,(H,27,30)/t16-/m1/s1. The summed E-state index contributed by atoms with van der Waals surface area (Å²) < 4.78 is 35.5. The van der Waals surface area contributed by atoms with Gasteiger partial charge in [0, 0.05) is 21.3 Å². The molecule has 1 atom stereocenters. The highest BCUT2D eigenvalue weighted by molar-refractivity contribution is 7.88. The zero-order valence-electron chi connectivity index (χ0n) is 19.9. The number of thiophene rings is 2. The smallest absolute Gasteiger partial charge is 0.413 e. The first-order chi connectivity index (χ1) is 17.1. The summed E-state index contributed by atoms with van der Waals surface area (Å²) in [5.74, 6) is 6.71. The third-order valence-electron chi connectivity index (χ3n) is 5.84. The van der Waals surface area contributed by atoms with Gasteiger partial charge in [0.15, 0.2) is 0 Å². The summed E-state index contributed by atoms with van der Waals surface area (Å²) in [6.45, 7) is 1.81. The number of hydrogen-bond donors (Lipinski definition) is 2. The van der Waals surface area contributed by atoms with Crippen LogP contribution >= 0.6 is 22.7 Å². The third kappa shape index (κ3) is 5.32. The van der Waals surface area contributed by atoms with Gasteiger partial charge in [-0.15, -0.1) is 22.7 Å². The van der Waals surface area contributed by atoms with Crippen LogP contribution in [0.25, 0.3) is 9.40 Å². The molecule has 186 valence electrons. The molecule has 2 N–H and O–H groups in total. The van der Waals surface area contributed by atoms with E-state index < -0.39 is 27.8 Å². The van der Waals surface area contributed by atoms with E-state index in [0.717, 1.165) is 37.6 Å². The Balaban J connectivity index is 1.30. The van der Waals surface area contributed by atoms with Gasteiger partial charge in [0.2, 0.25) is 10.0 Å². The first-order valence-corrected chi connectivity index (χ1v) is 14.7. The molecule has 3 aromatic heterocycles. The van der Waals surface area contributed by atoms with Crippen LogP contribution in [0.3, 0.4) is 0 Å². The average Bonchev–Trinajstić information content (AvgIpc) is 3.13. The van der Waals surface area contributed by atoms with Crippen molar-refractivity contribution in [1.82, 2.24) is 14.5 Å². The second-order valence-corrected chi connectivity index (χ2v) is 12.7. The summed E-state index contributed by atoms with van der Waals surface area (Å²) in [7, 11) is -1.55. The van der Waals surface area contributed by atoms with Gasteiger partial charge < -0.3 is 4.74 Å². The molecular weight excluding hydrogens is 517 g/mol. The molecule has 0 unspecified atom stereocenters. The summed E-state index contributed by atoms with van der Waals surface area (Å²) >= 11 is 3.15. The minimum absolute atomic E-state index is 0.402. The van der Waals surface area contributed by atoms with Crippen molar-refractivity contribution in [2.75, 3.05) is 11.6 Å². The van der Waals surface area contributed by atoms with Gasteiger partial charge in [-0.05, 0) is 37.5 Å². The fraction of sp³-hybridized carbons (Fsp3) is 0.280. The normalized spacial score (nSPS) is 15.2. The first-order valence-electron chi connectivity index (χ1n) is 11.2. The predicted molar refractivity (Wildman–Crippen MR) is 143 cm³/mol. The zero-order valence-corrected chi connectivity index (χ0v) is 22.3. The number of aromatic nitrogens is 2. The number of nitrogens with zero attached hydrogens (tertiary/aromatic N) is 2. The van der Waals surface area contributed by atoms with E-state index in [4.69, 9.17) is 4.74 Å². The lowest BCUT2D eigenvalue weighted by atomic mass is 10.1. The minimum atomic E-state index is -3.28. The van der Waals surface area contributed by atoms with E-state index in [1.54, 1.807) is 40.6 Å². The molecule has 4 aromatic rings. The summed E-state index contributed by atoms with van der Waals surface area (Å²) in [5.41, 5.74) is 1.03. The molecule has 0 saturated heterocycles. The highest BCUT2D eigenvalue weighted by atomic mass is 32.2. The van der Waals surface area contributed by atoms with Crippen molar-refractivity contribution in [3.05, 3.63) is 69.5 Å². The Hall–Kier alpha value is -3.17. The van der Waals surface area contributed by atoms with Crippen molar-refractivity contribution < 1.29 is 17.9 Å². The van der Waals surface area contributed by atoms with Gasteiger partial charge in [0.05, 0.1) is 28.4 Å². The van der Waals surface area contributed by atoms with Gasteiger partial charge in [0.1, 0.15) is 11.9 Å². The molecule has 0 bridgehead atoms. The number of benzene rings is 1. The maximum atomic E-state index is 12.5.